The van der Waals surface area contributed by atoms with Crippen molar-refractivity contribution < 1.29 is 9.47 Å². The van der Waals surface area contributed by atoms with Crippen LogP contribution in [0.15, 0.2) is 134 Å². The van der Waals surface area contributed by atoms with E-state index in [1.807, 2.05) is 36.4 Å². The van der Waals surface area contributed by atoms with Gasteiger partial charge in [-0.3, -0.25) is 4.90 Å². The maximum atomic E-state index is 6.86. The Morgan fingerprint density at radius 1 is 0.689 bits per heavy atom. The Morgan fingerprint density at radius 3 is 2.09 bits per heavy atom. The van der Waals surface area contributed by atoms with Crippen molar-refractivity contribution >= 4 is 11.4 Å². The summed E-state index contributed by atoms with van der Waals surface area (Å²) in [5, 5.41) is 5.84. The lowest BCUT2D eigenvalue weighted by Gasteiger charge is -2.23. The van der Waals surface area contributed by atoms with Crippen LogP contribution in [0.4, 0.5) is 11.4 Å². The van der Waals surface area contributed by atoms with E-state index in [0.717, 1.165) is 88.4 Å². The molecule has 2 N–H and O–H groups in total. The molecule has 0 saturated carbocycles. The molecule has 2 unspecified atom stereocenters. The molecule has 220 valence electrons. The van der Waals surface area contributed by atoms with Crippen LogP contribution >= 0.6 is 0 Å². The van der Waals surface area contributed by atoms with Gasteiger partial charge < -0.3 is 19.8 Å². The fourth-order valence-corrected chi connectivity index (χ4v) is 6.87. The number of benzene rings is 5. The lowest BCUT2D eigenvalue weighted by molar-refractivity contribution is 0.298. The molecule has 2 atom stereocenters. The topological polar surface area (TPSA) is 48.8 Å². The summed E-state index contributed by atoms with van der Waals surface area (Å²) in [4.78, 5) is 2.49. The number of rotatable bonds is 5. The smallest absolute Gasteiger partial charge is 0.137 e. The van der Waals surface area contributed by atoms with Crippen LogP contribution in [-0.2, 0) is 12.1 Å². The third-order valence-electron chi connectivity index (χ3n) is 9.16. The highest BCUT2D eigenvalue weighted by atomic mass is 16.5. The first-order valence-electron chi connectivity index (χ1n) is 15.5. The summed E-state index contributed by atoms with van der Waals surface area (Å²) in [6.45, 7) is 3.65. The van der Waals surface area contributed by atoms with Crippen molar-refractivity contribution in [3.63, 3.8) is 0 Å². The van der Waals surface area contributed by atoms with E-state index in [4.69, 9.17) is 9.47 Å². The van der Waals surface area contributed by atoms with Crippen molar-refractivity contribution in [1.82, 2.24) is 15.3 Å². The predicted octanol–water partition coefficient (Wildman–Crippen LogP) is 8.58. The number of hydrazine groups is 1. The van der Waals surface area contributed by atoms with Crippen LogP contribution in [0.25, 0.3) is 22.3 Å². The van der Waals surface area contributed by atoms with Crippen LogP contribution in [-0.4, -0.2) is 29.5 Å². The van der Waals surface area contributed by atoms with E-state index in [9.17, 15) is 0 Å². The maximum absolute atomic E-state index is 6.86. The van der Waals surface area contributed by atoms with Gasteiger partial charge in [0.2, 0.25) is 0 Å². The van der Waals surface area contributed by atoms with Gasteiger partial charge in [0.15, 0.2) is 0 Å². The Kier molecular flexibility index (Phi) is 6.04. The van der Waals surface area contributed by atoms with Crippen molar-refractivity contribution in [2.75, 3.05) is 25.0 Å². The fraction of sp³-hybridized carbons (Fsp3) is 0.128. The van der Waals surface area contributed by atoms with Gasteiger partial charge in [0.25, 0.3) is 0 Å². The number of anilines is 2. The van der Waals surface area contributed by atoms with Crippen LogP contribution in [0, 0.1) is 0 Å². The highest BCUT2D eigenvalue weighted by Crippen LogP contribution is 2.51. The summed E-state index contributed by atoms with van der Waals surface area (Å²) in [7, 11) is 0. The number of nitrogens with one attached hydrogen (secondary N) is 2. The number of ether oxygens (including phenoxy) is 2. The summed E-state index contributed by atoms with van der Waals surface area (Å²) in [6.07, 6.45) is 8.82. The van der Waals surface area contributed by atoms with Gasteiger partial charge in [-0.1, -0.05) is 85.0 Å². The molecule has 45 heavy (non-hydrogen) atoms. The van der Waals surface area contributed by atoms with Crippen molar-refractivity contribution in [1.29, 1.82) is 0 Å². The van der Waals surface area contributed by atoms with Gasteiger partial charge >= 0.3 is 0 Å². The van der Waals surface area contributed by atoms with Crippen molar-refractivity contribution in [2.45, 2.75) is 12.1 Å². The highest BCUT2D eigenvalue weighted by molar-refractivity contribution is 5.83. The number of hydrogen-bond acceptors (Lipinski definition) is 6. The summed E-state index contributed by atoms with van der Waals surface area (Å²) in [5.74, 6) is 3.12. The molecule has 9 rings (SSSR count). The van der Waals surface area contributed by atoms with Gasteiger partial charge in [0.1, 0.15) is 23.0 Å². The number of nitrogens with zero attached hydrogens (tertiary/aromatic N) is 2. The van der Waals surface area contributed by atoms with Crippen LogP contribution < -0.4 is 20.2 Å². The van der Waals surface area contributed by atoms with Gasteiger partial charge in [0.05, 0.1) is 12.1 Å². The SMILES string of the molecule is C1=CN(Cc2ccc3c(c2)Oc2ccccc2-c2ccccc2Oc2cc(Nc4ccccc4C45C=CCN4C5)ccc2-3)NC1. The minimum atomic E-state index is 0.0144. The molecule has 0 aromatic heterocycles. The van der Waals surface area contributed by atoms with Gasteiger partial charge in [-0.2, -0.15) is 0 Å². The molecule has 5 aromatic carbocycles. The monoisotopic (exact) mass is 588 g/mol. The van der Waals surface area contributed by atoms with E-state index < -0.39 is 0 Å². The van der Waals surface area contributed by atoms with Crippen LogP contribution in [0.3, 0.4) is 0 Å². The molecule has 0 spiro atoms. The van der Waals surface area contributed by atoms with Gasteiger partial charge in [-0.15, -0.1) is 0 Å². The van der Waals surface area contributed by atoms with Gasteiger partial charge in [0, 0.05) is 71.1 Å². The second kappa shape index (κ2) is 10.4. The first kappa shape index (κ1) is 26.1. The fourth-order valence-electron chi connectivity index (χ4n) is 6.87. The molecule has 4 aliphatic heterocycles. The molecule has 0 radical (unpaired) electrons. The van der Waals surface area contributed by atoms with Crippen molar-refractivity contribution in [2.24, 2.45) is 0 Å². The molecular weight excluding hydrogens is 556 g/mol. The number of para-hydroxylation sites is 3. The average molecular weight is 589 g/mol. The van der Waals surface area contributed by atoms with E-state index in [1.54, 1.807) is 0 Å². The van der Waals surface area contributed by atoms with Crippen molar-refractivity contribution in [3.8, 4) is 45.3 Å². The molecule has 0 aliphatic carbocycles. The Labute approximate surface area is 262 Å². The summed E-state index contributed by atoms with van der Waals surface area (Å²) >= 11 is 0. The largest absolute Gasteiger partial charge is 0.456 e. The molecule has 0 amide bonds. The third kappa shape index (κ3) is 4.58. The summed E-state index contributed by atoms with van der Waals surface area (Å²) in [5.41, 5.74) is 11.8. The van der Waals surface area contributed by atoms with Crippen LogP contribution in [0.1, 0.15) is 11.1 Å². The standard InChI is InChI=1S/C39H32N4O2/c1-5-13-35-29(9-1)30-10-2-6-14-36(30)45-38-24-28(41-34-12-4-3-11-33(34)39-19-7-21-42(39)26-39)16-18-32(38)31-17-15-27(23-37(31)44-35)25-43-22-8-20-40-43/h1-19,22-24,40-41H,20-21,25-26H2. The zero-order valence-corrected chi connectivity index (χ0v) is 24.7. The Bertz CT molecular complexity index is 2020. The van der Waals surface area contributed by atoms with Crippen molar-refractivity contribution in [3.05, 3.63) is 145 Å². The van der Waals surface area contributed by atoms with E-state index in [-0.39, 0.29) is 5.54 Å². The Balaban J connectivity index is 1.16. The van der Waals surface area contributed by atoms with E-state index >= 15 is 0 Å². The molecule has 6 nitrogen and oxygen atoms in total. The molecule has 6 heteroatoms. The zero-order chi connectivity index (χ0) is 29.8. The molecule has 0 bridgehead atoms. The minimum Gasteiger partial charge on any atom is -0.456 e. The molecule has 4 heterocycles. The molecule has 1 saturated heterocycles. The lowest BCUT2D eigenvalue weighted by atomic mass is 9.96. The maximum Gasteiger partial charge on any atom is 0.137 e. The predicted molar refractivity (Wildman–Crippen MR) is 179 cm³/mol. The third-order valence-corrected chi connectivity index (χ3v) is 9.16. The second-order valence-corrected chi connectivity index (χ2v) is 12.0. The molecular formula is C39H32N4O2. The molecule has 5 aromatic rings. The normalized spacial score (nSPS) is 20.2. The number of hydrogen-bond donors (Lipinski definition) is 2. The highest BCUT2D eigenvalue weighted by Gasteiger charge is 2.54. The Morgan fingerprint density at radius 2 is 1.38 bits per heavy atom. The summed E-state index contributed by atoms with van der Waals surface area (Å²) in [6, 6.07) is 37.8. The molecule has 4 aliphatic rings. The average Bonchev–Trinajstić information content (AvgIpc) is 3.35. The van der Waals surface area contributed by atoms with Gasteiger partial charge in [-0.05, 0) is 42.0 Å². The minimum absolute atomic E-state index is 0.0144. The first-order chi connectivity index (χ1) is 22.2. The van der Waals surface area contributed by atoms with Gasteiger partial charge in [-0.25, -0.2) is 5.43 Å². The summed E-state index contributed by atoms with van der Waals surface area (Å²) < 4.78 is 13.7. The first-order valence-corrected chi connectivity index (χ1v) is 15.5. The quantitative estimate of drug-likeness (QED) is 0.155. The molecule has 1 fully saturated rings. The van der Waals surface area contributed by atoms with Crippen LogP contribution in [0.2, 0.25) is 0 Å². The second-order valence-electron chi connectivity index (χ2n) is 12.0. The number of fused-ring (bicyclic) bond motifs is 7. The zero-order valence-electron chi connectivity index (χ0n) is 24.7. The van der Waals surface area contributed by atoms with E-state index in [0.29, 0.717) is 0 Å². The Hall–Kier alpha value is -5.30. The van der Waals surface area contributed by atoms with E-state index in [2.05, 4.69) is 118 Å². The van der Waals surface area contributed by atoms with Crippen LogP contribution in [0.5, 0.6) is 23.0 Å². The lowest BCUT2D eigenvalue weighted by Crippen LogP contribution is -2.27. The van der Waals surface area contributed by atoms with E-state index in [1.165, 1.54) is 5.56 Å².